The van der Waals surface area contributed by atoms with Gasteiger partial charge in [-0.05, 0) is 36.6 Å². The Labute approximate surface area is 166 Å². The van der Waals surface area contributed by atoms with Gasteiger partial charge in [0.05, 0.1) is 18.4 Å². The Hall–Kier alpha value is -2.25. The zero-order valence-electron chi connectivity index (χ0n) is 16.9. The summed E-state index contributed by atoms with van der Waals surface area (Å²) in [5.74, 6) is 0.246. The molecule has 28 heavy (non-hydrogen) atoms. The highest BCUT2D eigenvalue weighted by Gasteiger charge is 2.28. The average molecular weight is 388 g/mol. The maximum atomic E-state index is 13.2. The van der Waals surface area contributed by atoms with E-state index in [1.54, 1.807) is 17.1 Å². The minimum absolute atomic E-state index is 0.0116. The second-order valence-corrected chi connectivity index (χ2v) is 7.95. The summed E-state index contributed by atoms with van der Waals surface area (Å²) in [5.41, 5.74) is 1.84. The smallest absolute Gasteiger partial charge is 0.238 e. The first kappa shape index (κ1) is 20.5. The monoisotopic (exact) mass is 387 g/mol. The van der Waals surface area contributed by atoms with E-state index >= 15 is 0 Å². The van der Waals surface area contributed by atoms with Crippen molar-refractivity contribution in [3.63, 3.8) is 0 Å². The molecular weight excluding hydrogens is 357 g/mol. The van der Waals surface area contributed by atoms with Crippen LogP contribution in [0.1, 0.15) is 25.8 Å². The topological polar surface area (TPSA) is 53.4 Å². The van der Waals surface area contributed by atoms with Crippen molar-refractivity contribution >= 4 is 11.6 Å². The van der Waals surface area contributed by atoms with E-state index in [1.165, 1.54) is 12.1 Å². The van der Waals surface area contributed by atoms with E-state index in [-0.39, 0.29) is 11.7 Å². The largest absolute Gasteiger partial charge is 0.322 e. The number of aromatic nitrogens is 2. The number of carbonyl (C=O) groups is 1. The van der Waals surface area contributed by atoms with Gasteiger partial charge < -0.3 is 5.32 Å². The molecule has 0 bridgehead atoms. The van der Waals surface area contributed by atoms with E-state index < -0.39 is 0 Å². The molecule has 1 fully saturated rings. The van der Waals surface area contributed by atoms with Gasteiger partial charge in [-0.1, -0.05) is 26.0 Å². The zero-order chi connectivity index (χ0) is 20.1. The number of hydrogen-bond acceptors (Lipinski definition) is 4. The van der Waals surface area contributed by atoms with Crippen molar-refractivity contribution in [2.24, 2.45) is 13.0 Å². The summed E-state index contributed by atoms with van der Waals surface area (Å²) in [6.45, 7) is 8.34. The molecule has 1 aromatic heterocycles. The molecule has 0 radical (unpaired) electrons. The average Bonchev–Trinajstić information content (AvgIpc) is 2.93. The number of hydrogen-bond donors (Lipinski definition) is 1. The van der Waals surface area contributed by atoms with Crippen LogP contribution in [0.3, 0.4) is 0 Å². The molecule has 0 aliphatic carbocycles. The van der Waals surface area contributed by atoms with E-state index in [4.69, 9.17) is 0 Å². The molecule has 1 N–H and O–H groups in total. The number of halogens is 1. The molecule has 6 nitrogen and oxygen atoms in total. The van der Waals surface area contributed by atoms with Crippen LogP contribution in [0.25, 0.3) is 0 Å². The van der Waals surface area contributed by atoms with Crippen molar-refractivity contribution in [1.29, 1.82) is 0 Å². The van der Waals surface area contributed by atoms with Crippen molar-refractivity contribution in [3.05, 3.63) is 48.0 Å². The molecule has 0 spiro atoms. The van der Waals surface area contributed by atoms with Crippen LogP contribution in [-0.2, 0) is 18.4 Å². The van der Waals surface area contributed by atoms with Gasteiger partial charge in [-0.25, -0.2) is 4.39 Å². The Balaban J connectivity index is 1.61. The third-order valence-corrected chi connectivity index (χ3v) is 5.26. The Morgan fingerprint density at radius 1 is 1.29 bits per heavy atom. The van der Waals surface area contributed by atoms with Crippen LogP contribution in [0, 0.1) is 11.7 Å². The van der Waals surface area contributed by atoms with E-state index in [0.29, 0.717) is 18.5 Å². The lowest BCUT2D eigenvalue weighted by molar-refractivity contribution is -0.117. The predicted molar refractivity (Wildman–Crippen MR) is 108 cm³/mol. The minimum atomic E-state index is -0.203. The fourth-order valence-corrected chi connectivity index (χ4v) is 3.82. The molecule has 0 saturated carbocycles. The van der Waals surface area contributed by atoms with Crippen molar-refractivity contribution in [2.75, 3.05) is 31.5 Å². The summed E-state index contributed by atoms with van der Waals surface area (Å²) in [7, 11) is 1.83. The van der Waals surface area contributed by atoms with Gasteiger partial charge in [0, 0.05) is 38.9 Å². The van der Waals surface area contributed by atoms with E-state index in [0.717, 1.165) is 43.9 Å². The maximum Gasteiger partial charge on any atom is 0.238 e. The molecule has 2 aromatic rings. The highest BCUT2D eigenvalue weighted by Crippen LogP contribution is 2.20. The third kappa shape index (κ3) is 5.62. The molecule has 1 atom stereocenters. The van der Waals surface area contributed by atoms with Gasteiger partial charge in [-0.15, -0.1) is 0 Å². The fraction of sp³-hybridized carbons (Fsp3) is 0.524. The highest BCUT2D eigenvalue weighted by molar-refractivity contribution is 5.91. The van der Waals surface area contributed by atoms with Crippen LogP contribution in [0.5, 0.6) is 0 Å². The summed E-state index contributed by atoms with van der Waals surface area (Å²) in [6, 6.07) is 7.10. The van der Waals surface area contributed by atoms with Crippen molar-refractivity contribution < 1.29 is 9.18 Å². The molecule has 1 aliphatic rings. The van der Waals surface area contributed by atoms with Crippen LogP contribution in [0.2, 0.25) is 0 Å². The third-order valence-electron chi connectivity index (χ3n) is 5.26. The van der Waals surface area contributed by atoms with Gasteiger partial charge >= 0.3 is 0 Å². The molecule has 1 saturated heterocycles. The molecule has 3 rings (SSSR count). The molecule has 1 aromatic carbocycles. The van der Waals surface area contributed by atoms with Gasteiger partial charge in [-0.2, -0.15) is 5.10 Å². The second kappa shape index (κ2) is 9.30. The van der Waals surface area contributed by atoms with E-state index in [1.807, 2.05) is 19.2 Å². The van der Waals surface area contributed by atoms with Gasteiger partial charge in [0.25, 0.3) is 0 Å². The van der Waals surface area contributed by atoms with Gasteiger partial charge in [0.1, 0.15) is 5.82 Å². The lowest BCUT2D eigenvalue weighted by atomic mass is 10.0. The summed E-state index contributed by atoms with van der Waals surface area (Å²) < 4.78 is 14.9. The normalized spacial score (nSPS) is 19.0. The van der Waals surface area contributed by atoms with Crippen molar-refractivity contribution in [1.82, 2.24) is 19.6 Å². The lowest BCUT2D eigenvalue weighted by Crippen LogP contribution is -2.45. The van der Waals surface area contributed by atoms with E-state index in [2.05, 4.69) is 34.1 Å². The Morgan fingerprint density at radius 2 is 2.04 bits per heavy atom. The number of carbonyl (C=O) groups excluding carboxylic acids is 1. The summed E-state index contributed by atoms with van der Waals surface area (Å²) in [5, 5.41) is 7.00. The zero-order valence-corrected chi connectivity index (χ0v) is 16.9. The maximum absolute atomic E-state index is 13.2. The number of amides is 1. The molecule has 1 aliphatic heterocycles. The Kier molecular flexibility index (Phi) is 6.80. The van der Waals surface area contributed by atoms with Crippen LogP contribution in [0.15, 0.2) is 36.7 Å². The lowest BCUT2D eigenvalue weighted by Gasteiger charge is -2.34. The van der Waals surface area contributed by atoms with Crippen molar-refractivity contribution in [3.8, 4) is 0 Å². The first-order valence-corrected chi connectivity index (χ1v) is 9.90. The molecule has 0 unspecified atom stereocenters. The number of anilines is 1. The minimum Gasteiger partial charge on any atom is -0.322 e. The molecule has 152 valence electrons. The van der Waals surface area contributed by atoms with Gasteiger partial charge in [0.15, 0.2) is 0 Å². The quantitative estimate of drug-likeness (QED) is 0.828. The standard InChI is InChI=1S/C21H30FN5O/c1-16(2)20-14-26(15-21(28)24-19-11-23-25(3)13-19)9-4-10-27(20)12-17-5-7-18(22)8-6-17/h5-8,11,13,16,20H,4,9-10,12,14-15H2,1-3H3,(H,24,28)/t20-/m1/s1. The number of rotatable bonds is 6. The number of nitrogens with one attached hydrogen (secondary N) is 1. The van der Waals surface area contributed by atoms with Crippen molar-refractivity contribution in [2.45, 2.75) is 32.9 Å². The Bertz CT molecular complexity index is 773. The van der Waals surface area contributed by atoms with Crippen LogP contribution >= 0.6 is 0 Å². The highest BCUT2D eigenvalue weighted by atomic mass is 19.1. The molecule has 1 amide bonds. The fourth-order valence-electron chi connectivity index (χ4n) is 3.82. The molecular formula is C21H30FN5O. The molecule has 2 heterocycles. The van der Waals surface area contributed by atoms with Gasteiger partial charge in [0.2, 0.25) is 5.91 Å². The predicted octanol–water partition coefficient (Wildman–Crippen LogP) is 2.73. The molecule has 7 heteroatoms. The number of aryl methyl sites for hydroxylation is 1. The summed E-state index contributed by atoms with van der Waals surface area (Å²) in [6.07, 6.45) is 4.45. The Morgan fingerprint density at radius 3 is 2.68 bits per heavy atom. The number of benzene rings is 1. The first-order valence-electron chi connectivity index (χ1n) is 9.90. The van der Waals surface area contributed by atoms with E-state index in [9.17, 15) is 9.18 Å². The number of nitrogens with zero attached hydrogens (tertiary/aromatic N) is 4. The van der Waals surface area contributed by atoms with Crippen LogP contribution in [0.4, 0.5) is 10.1 Å². The second-order valence-electron chi connectivity index (χ2n) is 7.95. The first-order chi connectivity index (χ1) is 13.4. The SMILES string of the molecule is CC(C)[C@H]1CN(CC(=O)Nc2cnn(C)c2)CCCN1Cc1ccc(F)cc1. The van der Waals surface area contributed by atoms with Gasteiger partial charge in [-0.3, -0.25) is 19.3 Å². The van der Waals surface area contributed by atoms with Crippen LogP contribution < -0.4 is 5.32 Å². The van der Waals surface area contributed by atoms with Crippen LogP contribution in [-0.4, -0.2) is 57.7 Å². The summed E-state index contributed by atoms with van der Waals surface area (Å²) >= 11 is 0. The summed E-state index contributed by atoms with van der Waals surface area (Å²) in [4.78, 5) is 17.2.